The largest absolute Gasteiger partial charge is 0.373 e. The zero-order valence-electron chi connectivity index (χ0n) is 9.32. The minimum atomic E-state index is -0.452. The minimum Gasteiger partial charge on any atom is -0.293 e. The molecule has 1 aromatic rings. The Kier molecular flexibility index (Phi) is 4.31. The molecule has 0 aliphatic carbocycles. The lowest BCUT2D eigenvalue weighted by molar-refractivity contribution is -0.236. The lowest BCUT2D eigenvalue weighted by Gasteiger charge is -2.06. The maximum atomic E-state index is 11.3. The monoisotopic (exact) mass is 208 g/mol. The maximum Gasteiger partial charge on any atom is 0.373 e. The van der Waals surface area contributed by atoms with Crippen molar-refractivity contribution in [1.29, 1.82) is 0 Å². The van der Waals surface area contributed by atoms with Crippen molar-refractivity contribution in [3.05, 3.63) is 35.4 Å². The molecule has 0 unspecified atom stereocenters. The van der Waals surface area contributed by atoms with Crippen molar-refractivity contribution < 1.29 is 14.6 Å². The fourth-order valence-electron chi connectivity index (χ4n) is 1.16. The predicted octanol–water partition coefficient (Wildman–Crippen LogP) is 2.92. The first-order valence-electron chi connectivity index (χ1n) is 5.09. The van der Waals surface area contributed by atoms with Gasteiger partial charge in [-0.1, -0.05) is 26.0 Å². The van der Waals surface area contributed by atoms with Crippen LogP contribution in [0.3, 0.4) is 0 Å². The highest BCUT2D eigenvalue weighted by atomic mass is 17.2. The average Bonchev–Trinajstić information content (AvgIpc) is 2.26. The zero-order valence-corrected chi connectivity index (χ0v) is 9.32. The van der Waals surface area contributed by atoms with Crippen LogP contribution in [0, 0.1) is 0 Å². The molecule has 0 N–H and O–H groups in total. The van der Waals surface area contributed by atoms with Crippen LogP contribution in [0.1, 0.15) is 42.6 Å². The predicted molar refractivity (Wildman–Crippen MR) is 57.6 cm³/mol. The molecule has 1 rings (SSSR count). The molecule has 0 aliphatic heterocycles. The van der Waals surface area contributed by atoms with Gasteiger partial charge in [0.2, 0.25) is 0 Å². The summed E-state index contributed by atoms with van der Waals surface area (Å²) >= 11 is 0. The summed E-state index contributed by atoms with van der Waals surface area (Å²) in [4.78, 5) is 20.5. The van der Waals surface area contributed by atoms with Crippen LogP contribution in [0.25, 0.3) is 0 Å². The summed E-state index contributed by atoms with van der Waals surface area (Å²) in [5, 5.41) is 0. The number of hydrogen-bond acceptors (Lipinski definition) is 3. The minimum absolute atomic E-state index is 0.357. The quantitative estimate of drug-likeness (QED) is 0.563. The fraction of sp³-hybridized carbons (Fsp3) is 0.417. The fourth-order valence-corrected chi connectivity index (χ4v) is 1.16. The van der Waals surface area contributed by atoms with Crippen LogP contribution in [0.4, 0.5) is 0 Å². The Balaban J connectivity index is 2.67. The van der Waals surface area contributed by atoms with Crippen LogP contribution in [-0.2, 0) is 9.78 Å². The van der Waals surface area contributed by atoms with Gasteiger partial charge in [0.25, 0.3) is 0 Å². The highest BCUT2D eigenvalue weighted by molar-refractivity contribution is 5.88. The van der Waals surface area contributed by atoms with E-state index < -0.39 is 5.97 Å². The van der Waals surface area contributed by atoms with Gasteiger partial charge in [0.1, 0.15) is 0 Å². The third-order valence-corrected chi connectivity index (χ3v) is 2.07. The maximum absolute atomic E-state index is 11.3. The van der Waals surface area contributed by atoms with Gasteiger partial charge in [-0.2, -0.15) is 4.89 Å². The summed E-state index contributed by atoms with van der Waals surface area (Å²) in [6.07, 6.45) is 0. The molecule has 0 heterocycles. The first-order chi connectivity index (χ1) is 7.15. The van der Waals surface area contributed by atoms with Gasteiger partial charge in [-0.15, -0.1) is 0 Å². The molecular formula is C12H16O3. The SMILES string of the molecule is CCOOC(=O)c1ccc(C(C)C)cc1. The molecule has 0 fully saturated rings. The van der Waals surface area contributed by atoms with Gasteiger partial charge in [-0.25, -0.2) is 4.79 Å². The lowest BCUT2D eigenvalue weighted by Crippen LogP contribution is -2.05. The number of carbonyl (C=O) groups is 1. The van der Waals surface area contributed by atoms with E-state index in [4.69, 9.17) is 0 Å². The van der Waals surface area contributed by atoms with E-state index in [0.29, 0.717) is 18.1 Å². The van der Waals surface area contributed by atoms with Crippen molar-refractivity contribution in [3.63, 3.8) is 0 Å². The average molecular weight is 208 g/mol. The Morgan fingerprint density at radius 3 is 2.33 bits per heavy atom. The summed E-state index contributed by atoms with van der Waals surface area (Å²) in [5.74, 6) is 0.00844. The first kappa shape index (κ1) is 11.7. The van der Waals surface area contributed by atoms with Crippen LogP contribution in [-0.4, -0.2) is 12.6 Å². The second-order valence-electron chi connectivity index (χ2n) is 3.55. The normalized spacial score (nSPS) is 10.4. The zero-order chi connectivity index (χ0) is 11.3. The van der Waals surface area contributed by atoms with Gasteiger partial charge < -0.3 is 0 Å². The van der Waals surface area contributed by atoms with E-state index in [-0.39, 0.29) is 0 Å². The van der Waals surface area contributed by atoms with Crippen molar-refractivity contribution in [2.45, 2.75) is 26.7 Å². The standard InChI is InChI=1S/C12H16O3/c1-4-14-15-12(13)11-7-5-10(6-8-11)9(2)3/h5-9H,4H2,1-3H3. The highest BCUT2D eigenvalue weighted by Gasteiger charge is 2.08. The highest BCUT2D eigenvalue weighted by Crippen LogP contribution is 2.15. The summed E-state index contributed by atoms with van der Waals surface area (Å²) in [6.45, 7) is 6.33. The molecule has 82 valence electrons. The van der Waals surface area contributed by atoms with Crippen molar-refractivity contribution in [3.8, 4) is 0 Å². The number of benzene rings is 1. The van der Waals surface area contributed by atoms with Gasteiger partial charge in [-0.05, 0) is 30.5 Å². The molecule has 0 aromatic heterocycles. The summed E-state index contributed by atoms with van der Waals surface area (Å²) in [5.41, 5.74) is 1.70. The molecule has 0 radical (unpaired) electrons. The second-order valence-corrected chi connectivity index (χ2v) is 3.55. The Morgan fingerprint density at radius 2 is 1.87 bits per heavy atom. The molecule has 0 spiro atoms. The summed E-state index contributed by atoms with van der Waals surface area (Å²) in [6, 6.07) is 7.34. The molecule has 0 saturated heterocycles. The Labute approximate surface area is 89.9 Å². The Morgan fingerprint density at radius 1 is 1.27 bits per heavy atom. The molecule has 0 saturated carbocycles. The van der Waals surface area contributed by atoms with Crippen LogP contribution in [0.2, 0.25) is 0 Å². The summed E-state index contributed by atoms with van der Waals surface area (Å²) < 4.78 is 0. The van der Waals surface area contributed by atoms with Crippen molar-refractivity contribution in [1.82, 2.24) is 0 Å². The number of rotatable bonds is 4. The van der Waals surface area contributed by atoms with Gasteiger partial charge in [-0.3, -0.25) is 4.89 Å². The molecular weight excluding hydrogens is 192 g/mol. The second kappa shape index (κ2) is 5.51. The van der Waals surface area contributed by atoms with Crippen LogP contribution < -0.4 is 0 Å². The van der Waals surface area contributed by atoms with Gasteiger partial charge in [0.05, 0.1) is 12.2 Å². The number of carbonyl (C=O) groups excluding carboxylic acids is 1. The smallest absolute Gasteiger partial charge is 0.293 e. The third kappa shape index (κ3) is 3.36. The van der Waals surface area contributed by atoms with E-state index in [1.165, 1.54) is 5.56 Å². The van der Waals surface area contributed by atoms with E-state index >= 15 is 0 Å². The van der Waals surface area contributed by atoms with E-state index in [1.807, 2.05) is 12.1 Å². The molecule has 3 nitrogen and oxygen atoms in total. The molecule has 15 heavy (non-hydrogen) atoms. The topological polar surface area (TPSA) is 35.5 Å². The molecule has 3 heteroatoms. The van der Waals surface area contributed by atoms with E-state index in [1.54, 1.807) is 19.1 Å². The van der Waals surface area contributed by atoms with Gasteiger partial charge in [0.15, 0.2) is 0 Å². The van der Waals surface area contributed by atoms with Gasteiger partial charge >= 0.3 is 5.97 Å². The van der Waals surface area contributed by atoms with Gasteiger partial charge in [0, 0.05) is 0 Å². The molecule has 0 amide bonds. The van der Waals surface area contributed by atoms with Crippen molar-refractivity contribution in [2.24, 2.45) is 0 Å². The first-order valence-corrected chi connectivity index (χ1v) is 5.09. The van der Waals surface area contributed by atoms with E-state index in [9.17, 15) is 4.79 Å². The Hall–Kier alpha value is -1.35. The molecule has 1 aromatic carbocycles. The van der Waals surface area contributed by atoms with Crippen molar-refractivity contribution >= 4 is 5.97 Å². The number of hydrogen-bond donors (Lipinski definition) is 0. The Bertz CT molecular complexity index is 314. The van der Waals surface area contributed by atoms with Crippen LogP contribution in [0.15, 0.2) is 24.3 Å². The van der Waals surface area contributed by atoms with Crippen molar-refractivity contribution in [2.75, 3.05) is 6.61 Å². The van der Waals surface area contributed by atoms with Crippen LogP contribution >= 0.6 is 0 Å². The molecule has 0 aliphatic rings. The van der Waals surface area contributed by atoms with E-state index in [0.717, 1.165) is 0 Å². The summed E-state index contributed by atoms with van der Waals surface area (Å²) in [7, 11) is 0. The molecule has 0 atom stereocenters. The lowest BCUT2D eigenvalue weighted by atomic mass is 10.0. The van der Waals surface area contributed by atoms with Crippen LogP contribution in [0.5, 0.6) is 0 Å². The third-order valence-electron chi connectivity index (χ3n) is 2.07. The molecule has 0 bridgehead atoms. The van der Waals surface area contributed by atoms with E-state index in [2.05, 4.69) is 23.6 Å².